The molecule has 0 aromatic heterocycles. The number of rotatable bonds is 20. The maximum atomic E-state index is 11.8. The fraction of sp³-hybridized carbons (Fsp3) is 1.00. The van der Waals surface area contributed by atoms with Gasteiger partial charge in [0.05, 0.1) is 13.2 Å². The Balaban J connectivity index is 3.02. The van der Waals surface area contributed by atoms with Gasteiger partial charge in [0.25, 0.3) is 0 Å². The maximum absolute atomic E-state index is 11.8. The van der Waals surface area contributed by atoms with Gasteiger partial charge in [-0.1, -0.05) is 0 Å². The first-order valence-electron chi connectivity index (χ1n) is 12.3. The molecule has 0 bridgehead atoms. The summed E-state index contributed by atoms with van der Waals surface area (Å²) in [5.41, 5.74) is 0. The minimum atomic E-state index is -6.20. The molecule has 55 heavy (non-hydrogen) atoms. The third-order valence-corrected chi connectivity index (χ3v) is 9.24. The Morgan fingerprint density at radius 1 is 0.327 bits per heavy atom. The van der Waals surface area contributed by atoms with Crippen molar-refractivity contribution in [3.8, 4) is 0 Å². The summed E-state index contributed by atoms with van der Waals surface area (Å²) in [5, 5.41) is 0. The average molecular weight is 983 g/mol. The van der Waals surface area contributed by atoms with Crippen molar-refractivity contribution in [3.63, 3.8) is 0 Å². The standard InChI is InChI=1S/C12H22O35S8/c13-48(14,15)37-1-3-5(7(43-51(22,23)24)10(46-54(31,32)33)12(40-3)47-55(34,35)36)41-11-9(45-53(28,29)30)8(44-52(25,26)27)6(42-50(19,20)21)4(39-11)2-38-49(16,17)18/h3-12H,1-2H2,(H,13,14,15)(H,16,17,18)(H,19,20,21)(H,22,23,24)(H,25,26,27)(H,28,29,30)(H,31,32,33)(H,34,35,36)/t3-,4-,5+,6-,7-,8+,9-,10-,11-,12?/m0/s1. The van der Waals surface area contributed by atoms with E-state index in [4.69, 9.17) is 27.9 Å². The van der Waals surface area contributed by atoms with E-state index >= 15 is 0 Å². The number of hydrogen-bond acceptors (Lipinski definition) is 27. The first-order chi connectivity index (χ1) is 24.2. The Morgan fingerprint density at radius 3 is 0.945 bits per heavy atom. The van der Waals surface area contributed by atoms with E-state index in [0.717, 1.165) is 0 Å². The molecule has 2 rings (SSSR count). The van der Waals surface area contributed by atoms with E-state index in [1.807, 2.05) is 0 Å². The van der Waals surface area contributed by atoms with Crippen LogP contribution in [0.3, 0.4) is 0 Å². The second-order valence-corrected chi connectivity index (χ2v) is 18.0. The van der Waals surface area contributed by atoms with E-state index in [1.54, 1.807) is 0 Å². The lowest BCUT2D eigenvalue weighted by atomic mass is 9.97. The van der Waals surface area contributed by atoms with Crippen LogP contribution >= 0.6 is 0 Å². The highest BCUT2D eigenvalue weighted by molar-refractivity contribution is 7.82. The summed E-state index contributed by atoms with van der Waals surface area (Å²) in [6.07, 6.45) is -32.1. The molecule has 2 aliphatic heterocycles. The van der Waals surface area contributed by atoms with Crippen LogP contribution in [0.5, 0.6) is 0 Å². The molecule has 2 saturated heterocycles. The molecular formula is C12H22O35S8. The van der Waals surface area contributed by atoms with Gasteiger partial charge in [-0.3, -0.25) is 36.4 Å². The zero-order valence-corrected chi connectivity index (χ0v) is 31.6. The van der Waals surface area contributed by atoms with E-state index in [2.05, 4.69) is 33.5 Å². The summed E-state index contributed by atoms with van der Waals surface area (Å²) in [7, 11) is -48.2. The largest absolute Gasteiger partial charge is 0.399 e. The SMILES string of the molecule is O=S(=O)(O)OC[C@@H]1O[C@@H](O[C@H]2[C@H](OS(=O)(=O)O)[C@H](OS(=O)(=O)O)C(OS(=O)(=O)O)O[C@H]2COS(=O)(=O)O)[C@@H](OS(=O)(=O)O)[C@H](OS(=O)(=O)O)[C@H]1OS(=O)(=O)O. The third-order valence-electron chi connectivity index (χ3n) is 5.62. The molecule has 0 radical (unpaired) electrons. The van der Waals surface area contributed by atoms with Crippen LogP contribution in [0.2, 0.25) is 0 Å². The Labute approximate surface area is 308 Å². The highest BCUT2D eigenvalue weighted by Gasteiger charge is 2.59. The van der Waals surface area contributed by atoms with Crippen LogP contribution in [0, 0.1) is 0 Å². The van der Waals surface area contributed by atoms with Gasteiger partial charge in [-0.25, -0.2) is 33.5 Å². The molecule has 0 saturated carbocycles. The first kappa shape index (κ1) is 50.0. The van der Waals surface area contributed by atoms with Crippen LogP contribution in [0.4, 0.5) is 0 Å². The van der Waals surface area contributed by atoms with Crippen molar-refractivity contribution in [1.29, 1.82) is 0 Å². The molecule has 8 N–H and O–H groups in total. The number of ether oxygens (including phenoxy) is 3. The van der Waals surface area contributed by atoms with Gasteiger partial charge in [-0.15, -0.1) is 0 Å². The van der Waals surface area contributed by atoms with Crippen molar-refractivity contribution >= 4 is 83.2 Å². The second kappa shape index (κ2) is 17.6. The van der Waals surface area contributed by atoms with Gasteiger partial charge >= 0.3 is 83.2 Å². The molecule has 0 spiro atoms. The predicted molar refractivity (Wildman–Crippen MR) is 152 cm³/mol. The molecule has 35 nitrogen and oxygen atoms in total. The van der Waals surface area contributed by atoms with E-state index in [-0.39, 0.29) is 0 Å². The Morgan fingerprint density at radius 2 is 0.600 bits per heavy atom. The maximum Gasteiger partial charge on any atom is 0.399 e. The molecule has 0 amide bonds. The van der Waals surface area contributed by atoms with Gasteiger partial charge in [-0.05, 0) is 0 Å². The number of hydrogen-bond donors (Lipinski definition) is 8. The van der Waals surface area contributed by atoms with Gasteiger partial charge in [0.2, 0.25) is 6.29 Å². The van der Waals surface area contributed by atoms with Crippen LogP contribution in [-0.4, -0.2) is 178 Å². The molecule has 0 aliphatic carbocycles. The molecule has 328 valence electrons. The lowest BCUT2D eigenvalue weighted by Gasteiger charge is -2.47. The predicted octanol–water partition coefficient (Wildman–Crippen LogP) is -6.78. The van der Waals surface area contributed by atoms with Crippen molar-refractivity contribution in [3.05, 3.63) is 0 Å². The normalized spacial score (nSPS) is 30.9. The lowest BCUT2D eigenvalue weighted by molar-refractivity contribution is -0.341. The minimum Gasteiger partial charge on any atom is -0.341 e. The monoisotopic (exact) mass is 982 g/mol. The summed E-state index contributed by atoms with van der Waals surface area (Å²) >= 11 is 0. The summed E-state index contributed by atoms with van der Waals surface area (Å²) < 4.78 is 306. The molecule has 2 fully saturated rings. The fourth-order valence-corrected chi connectivity index (χ4v) is 7.68. The van der Waals surface area contributed by atoms with Gasteiger partial charge < -0.3 is 14.2 Å². The Kier molecular flexibility index (Phi) is 16.0. The molecular weight excluding hydrogens is 961 g/mol. The van der Waals surface area contributed by atoms with Crippen LogP contribution in [0.1, 0.15) is 0 Å². The lowest BCUT2D eigenvalue weighted by Crippen LogP contribution is -2.67. The molecule has 0 aromatic rings. The summed E-state index contributed by atoms with van der Waals surface area (Å²) in [6, 6.07) is 0. The summed E-state index contributed by atoms with van der Waals surface area (Å²) in [4.78, 5) is 0. The zero-order valence-electron chi connectivity index (χ0n) is 25.1. The van der Waals surface area contributed by atoms with Gasteiger partial charge in [0, 0.05) is 0 Å². The fourth-order valence-electron chi connectivity index (χ4n) is 4.20. The minimum absolute atomic E-state index is 1.93. The molecule has 2 aliphatic rings. The van der Waals surface area contributed by atoms with Crippen molar-refractivity contribution in [1.82, 2.24) is 0 Å². The molecule has 0 aromatic carbocycles. The average Bonchev–Trinajstić information content (AvgIpc) is 2.88. The van der Waals surface area contributed by atoms with Crippen molar-refractivity contribution in [2.45, 2.75) is 61.4 Å². The van der Waals surface area contributed by atoms with Crippen molar-refractivity contribution in [2.24, 2.45) is 0 Å². The van der Waals surface area contributed by atoms with E-state index < -0.39 is 158 Å². The topological polar surface area (TPSA) is 536 Å². The van der Waals surface area contributed by atoms with E-state index in [0.29, 0.717) is 0 Å². The van der Waals surface area contributed by atoms with Crippen LogP contribution in [-0.2, 0) is 131 Å². The smallest absolute Gasteiger partial charge is 0.341 e. The Hall–Kier alpha value is -1.16. The third kappa shape index (κ3) is 19.0. The van der Waals surface area contributed by atoms with Crippen molar-refractivity contribution < 1.29 is 151 Å². The molecule has 1 unspecified atom stereocenters. The zero-order chi connectivity index (χ0) is 43.0. The highest BCUT2D eigenvalue weighted by atomic mass is 32.3. The summed E-state index contributed by atoms with van der Waals surface area (Å²) in [6.45, 7) is -3.87. The van der Waals surface area contributed by atoms with Crippen LogP contribution in [0.15, 0.2) is 0 Å². The quantitative estimate of drug-likeness (QED) is 0.0526. The first-order valence-corrected chi connectivity index (χ1v) is 23.3. The van der Waals surface area contributed by atoms with Gasteiger partial charge in [0.15, 0.2) is 18.5 Å². The summed E-state index contributed by atoms with van der Waals surface area (Å²) in [5.74, 6) is 0. The molecule has 10 atom stereocenters. The van der Waals surface area contributed by atoms with E-state index in [1.165, 1.54) is 0 Å². The highest BCUT2D eigenvalue weighted by Crippen LogP contribution is 2.37. The van der Waals surface area contributed by atoms with Crippen molar-refractivity contribution in [2.75, 3.05) is 13.2 Å². The van der Waals surface area contributed by atoms with Crippen LogP contribution in [0.25, 0.3) is 0 Å². The molecule has 2 heterocycles. The van der Waals surface area contributed by atoms with Crippen LogP contribution < -0.4 is 0 Å². The Bertz CT molecular complexity index is 2260. The van der Waals surface area contributed by atoms with Gasteiger partial charge in [0.1, 0.15) is 36.6 Å². The van der Waals surface area contributed by atoms with E-state index in [9.17, 15) is 90.1 Å². The molecule has 43 heteroatoms. The second-order valence-electron chi connectivity index (χ2n) is 9.58. The van der Waals surface area contributed by atoms with Gasteiger partial charge in [-0.2, -0.15) is 67.3 Å².